The molecule has 0 rings (SSSR count). The molecule has 3 nitrogen and oxygen atoms in total. The van der Waals surface area contributed by atoms with Crippen molar-refractivity contribution in [1.29, 1.82) is 0 Å². The van der Waals surface area contributed by atoms with Crippen LogP contribution < -0.4 is 0 Å². The van der Waals surface area contributed by atoms with Crippen molar-refractivity contribution in [2.45, 2.75) is 53.0 Å². The van der Waals surface area contributed by atoms with Gasteiger partial charge in [-0.05, 0) is 54.0 Å². The van der Waals surface area contributed by atoms with Crippen LogP contribution >= 0.6 is 0 Å². The van der Waals surface area contributed by atoms with Crippen molar-refractivity contribution >= 4 is 0 Å². The molecule has 1 atom stereocenters. The molecule has 0 aliphatic heterocycles. The van der Waals surface area contributed by atoms with Gasteiger partial charge in [0.1, 0.15) is 0 Å². The van der Waals surface area contributed by atoms with Crippen LogP contribution in [-0.2, 0) is 0 Å². The van der Waals surface area contributed by atoms with E-state index in [9.17, 15) is 0 Å². The fraction of sp³-hybridized carbons (Fsp3) is 0.714. The summed E-state index contributed by atoms with van der Waals surface area (Å²) in [6.07, 6.45) is 7.86. The third-order valence-corrected chi connectivity index (χ3v) is 4.09. The molecule has 0 aliphatic carbocycles. The average Bonchev–Trinajstić information content (AvgIpc) is 2.54. The molecule has 0 spiro atoms. The second kappa shape index (κ2) is 15.5. The Bertz CT molecular complexity index is 356. The number of rotatable bonds is 11. The van der Waals surface area contributed by atoms with E-state index < -0.39 is 0 Å². The van der Waals surface area contributed by atoms with Gasteiger partial charge in [-0.25, -0.2) is 0 Å². The first-order valence-electron chi connectivity index (χ1n) is 9.24. The maximum atomic E-state index is 4.08. The summed E-state index contributed by atoms with van der Waals surface area (Å²) in [6.45, 7) is 19.8. The summed E-state index contributed by atoms with van der Waals surface area (Å²) < 4.78 is 0. The molecule has 0 saturated heterocycles. The molecule has 0 heterocycles. The highest BCUT2D eigenvalue weighted by Crippen LogP contribution is 2.05. The quantitative estimate of drug-likeness (QED) is 0.508. The first-order chi connectivity index (χ1) is 11.1. The van der Waals surface area contributed by atoms with Gasteiger partial charge in [0.05, 0.1) is 0 Å². The van der Waals surface area contributed by atoms with Crippen molar-refractivity contribution in [1.82, 2.24) is 14.7 Å². The molecule has 0 aliphatic rings. The molecule has 1 unspecified atom stereocenters. The summed E-state index contributed by atoms with van der Waals surface area (Å²) in [5, 5.41) is 0. The van der Waals surface area contributed by atoms with Gasteiger partial charge in [-0.2, -0.15) is 0 Å². The van der Waals surface area contributed by atoms with E-state index >= 15 is 0 Å². The van der Waals surface area contributed by atoms with Crippen LogP contribution in [0.25, 0.3) is 0 Å². The predicted molar refractivity (Wildman–Crippen MR) is 112 cm³/mol. The first kappa shape index (κ1) is 25.2. The van der Waals surface area contributed by atoms with Gasteiger partial charge in [0.2, 0.25) is 0 Å². The van der Waals surface area contributed by atoms with Gasteiger partial charge in [-0.15, -0.1) is 0 Å². The van der Waals surface area contributed by atoms with E-state index in [2.05, 4.69) is 76.8 Å². The minimum Gasteiger partial charge on any atom is -0.374 e. The van der Waals surface area contributed by atoms with Gasteiger partial charge < -0.3 is 14.7 Å². The second-order valence-corrected chi connectivity index (χ2v) is 7.01. The van der Waals surface area contributed by atoms with Gasteiger partial charge in [-0.3, -0.25) is 0 Å². The van der Waals surface area contributed by atoms with Crippen molar-refractivity contribution < 1.29 is 0 Å². The van der Waals surface area contributed by atoms with E-state index in [4.69, 9.17) is 0 Å². The summed E-state index contributed by atoms with van der Waals surface area (Å²) in [6, 6.07) is 0.602. The van der Waals surface area contributed by atoms with Crippen LogP contribution in [0, 0.1) is 0 Å². The summed E-state index contributed by atoms with van der Waals surface area (Å²) in [5.41, 5.74) is 2.08. The van der Waals surface area contributed by atoms with Gasteiger partial charge in [0.25, 0.3) is 0 Å². The highest BCUT2D eigenvalue weighted by atomic mass is 15.2. The summed E-state index contributed by atoms with van der Waals surface area (Å²) in [7, 11) is 8.53. The monoisotopic (exact) mass is 337 g/mol. The van der Waals surface area contributed by atoms with Crippen molar-refractivity contribution in [3.05, 3.63) is 36.6 Å². The Morgan fingerprint density at radius 3 is 1.88 bits per heavy atom. The van der Waals surface area contributed by atoms with Gasteiger partial charge >= 0.3 is 0 Å². The zero-order valence-corrected chi connectivity index (χ0v) is 17.7. The van der Waals surface area contributed by atoms with E-state index in [1.54, 1.807) is 0 Å². The smallest absolute Gasteiger partial charge is 0.0302 e. The molecule has 0 aromatic rings. The molecule has 0 aromatic heterocycles. The summed E-state index contributed by atoms with van der Waals surface area (Å²) in [4.78, 5) is 6.84. The Kier molecular flexibility index (Phi) is 16.2. The summed E-state index contributed by atoms with van der Waals surface area (Å²) >= 11 is 0. The highest BCUT2D eigenvalue weighted by molar-refractivity contribution is 5.21. The van der Waals surface area contributed by atoms with Gasteiger partial charge in [0.15, 0.2) is 0 Å². The molecular formula is C21H43N3. The molecular weight excluding hydrogens is 294 g/mol. The van der Waals surface area contributed by atoms with Crippen LogP contribution in [0.2, 0.25) is 0 Å². The maximum absolute atomic E-state index is 4.08. The molecule has 0 aromatic carbocycles. The zero-order valence-electron chi connectivity index (χ0n) is 17.7. The molecule has 3 heteroatoms. The summed E-state index contributed by atoms with van der Waals surface area (Å²) in [5.74, 6) is 0. The number of likely N-dealkylation sites (N-methyl/N-ethyl adjacent to an activating group) is 2. The van der Waals surface area contributed by atoms with E-state index in [-0.39, 0.29) is 0 Å². The minimum absolute atomic E-state index is 0.602. The molecule has 0 radical (unpaired) electrons. The fourth-order valence-corrected chi connectivity index (χ4v) is 1.70. The second-order valence-electron chi connectivity index (χ2n) is 7.01. The lowest BCUT2D eigenvalue weighted by Gasteiger charge is -2.29. The Balaban J connectivity index is 0. The standard InChI is InChI=1S/C17H33N3.C4H10/c1-15(2)9-10-16(3)19(7)13-14-20(8)17(4)11-12-18(5)6;1-3-4-2/h9-10,17H,1,3,11-14H2,2,4-8H3;3-4H2,1-2H3/b10-9-;. The Morgan fingerprint density at radius 1 is 0.917 bits per heavy atom. The van der Waals surface area contributed by atoms with Crippen LogP contribution in [0.15, 0.2) is 36.6 Å². The van der Waals surface area contributed by atoms with Crippen molar-refractivity contribution in [3.63, 3.8) is 0 Å². The zero-order chi connectivity index (χ0) is 19.1. The lowest BCUT2D eigenvalue weighted by atomic mass is 10.2. The molecule has 0 fully saturated rings. The largest absolute Gasteiger partial charge is 0.374 e. The minimum atomic E-state index is 0.602. The van der Waals surface area contributed by atoms with Gasteiger partial charge in [0, 0.05) is 31.9 Å². The molecule has 24 heavy (non-hydrogen) atoms. The topological polar surface area (TPSA) is 9.72 Å². The predicted octanol–water partition coefficient (Wildman–Crippen LogP) is 4.64. The van der Waals surface area contributed by atoms with Crippen LogP contribution in [0.4, 0.5) is 0 Å². The average molecular weight is 338 g/mol. The number of hydrogen-bond donors (Lipinski definition) is 0. The lowest BCUT2D eigenvalue weighted by molar-refractivity contribution is 0.210. The van der Waals surface area contributed by atoms with Crippen molar-refractivity contribution in [2.75, 3.05) is 47.8 Å². The van der Waals surface area contributed by atoms with E-state index in [0.29, 0.717) is 6.04 Å². The van der Waals surface area contributed by atoms with Crippen LogP contribution in [-0.4, -0.2) is 68.6 Å². The molecule has 0 bridgehead atoms. The number of nitrogens with zero attached hydrogens (tertiary/aromatic N) is 3. The lowest BCUT2D eigenvalue weighted by Crippen LogP contribution is -2.37. The Morgan fingerprint density at radius 2 is 1.46 bits per heavy atom. The van der Waals surface area contributed by atoms with Crippen molar-refractivity contribution in [3.8, 4) is 0 Å². The van der Waals surface area contributed by atoms with Crippen molar-refractivity contribution in [2.24, 2.45) is 0 Å². The number of allylic oxidation sites excluding steroid dienone is 3. The normalized spacial score (nSPS) is 12.2. The van der Waals surface area contributed by atoms with Crippen LogP contribution in [0.5, 0.6) is 0 Å². The van der Waals surface area contributed by atoms with E-state index in [0.717, 1.165) is 30.9 Å². The highest BCUT2D eigenvalue weighted by Gasteiger charge is 2.10. The molecule has 0 N–H and O–H groups in total. The molecule has 0 amide bonds. The number of unbranched alkanes of at least 4 members (excludes halogenated alkanes) is 1. The maximum Gasteiger partial charge on any atom is 0.0302 e. The van der Waals surface area contributed by atoms with Gasteiger partial charge in [-0.1, -0.05) is 51.5 Å². The number of hydrogen-bond acceptors (Lipinski definition) is 3. The third kappa shape index (κ3) is 15.8. The molecule has 0 saturated carbocycles. The first-order valence-corrected chi connectivity index (χ1v) is 9.24. The van der Waals surface area contributed by atoms with E-state index in [1.165, 1.54) is 19.3 Å². The van der Waals surface area contributed by atoms with E-state index in [1.807, 2.05) is 19.1 Å². The Labute approximate surface area is 152 Å². The SMILES string of the molecule is C=C(C)/C=C\C(=C)N(C)CCN(C)C(C)CCN(C)C.CCCC. The van der Waals surface area contributed by atoms with Crippen LogP contribution in [0.3, 0.4) is 0 Å². The Hall–Kier alpha value is -1.06. The fourth-order valence-electron chi connectivity index (χ4n) is 1.70. The third-order valence-electron chi connectivity index (χ3n) is 4.09. The molecule has 142 valence electrons. The van der Waals surface area contributed by atoms with Crippen LogP contribution in [0.1, 0.15) is 47.0 Å².